The van der Waals surface area contributed by atoms with E-state index in [0.717, 1.165) is 22.3 Å². The molecule has 4 heterocycles. The molecule has 2 bridgehead atoms. The predicted octanol–water partition coefficient (Wildman–Crippen LogP) is 4.52. The highest BCUT2D eigenvalue weighted by molar-refractivity contribution is 5.98. The van der Waals surface area contributed by atoms with Gasteiger partial charge in [-0.15, -0.1) is 0 Å². The van der Waals surface area contributed by atoms with Gasteiger partial charge in [0.15, 0.2) is 0 Å². The standard InChI is InChI=1S/C26H22F3N5O2/c1-30-12-18-17(27)8-14(11-31-18)13-6-7-34-19(9-13)23-16-10-20(24(23)32-34)33(2)25(35)15-4-3-5-21(22(15)16)36-26(28)29/h3-9,11,16,20,26,30H,10,12H2,1-2H3. The van der Waals surface area contributed by atoms with Crippen LogP contribution >= 0.6 is 0 Å². The summed E-state index contributed by atoms with van der Waals surface area (Å²) in [5.41, 5.74) is 4.80. The zero-order valence-electron chi connectivity index (χ0n) is 19.5. The summed E-state index contributed by atoms with van der Waals surface area (Å²) < 4.78 is 47.7. The molecule has 2 unspecified atom stereocenters. The lowest BCUT2D eigenvalue weighted by Gasteiger charge is -2.23. The number of carbonyl (C=O) groups is 1. The number of fused-ring (bicyclic) bond motifs is 9. The molecule has 6 rings (SSSR count). The predicted molar refractivity (Wildman–Crippen MR) is 126 cm³/mol. The topological polar surface area (TPSA) is 71.8 Å². The monoisotopic (exact) mass is 493 g/mol. The maximum Gasteiger partial charge on any atom is 0.387 e. The molecule has 7 nitrogen and oxygen atoms in total. The molecule has 10 heteroatoms. The third-order valence-electron chi connectivity index (χ3n) is 7.07. The van der Waals surface area contributed by atoms with Gasteiger partial charge in [0.05, 0.1) is 22.9 Å². The number of amides is 1. The normalized spacial score (nSPS) is 18.5. The van der Waals surface area contributed by atoms with E-state index in [4.69, 9.17) is 9.84 Å². The van der Waals surface area contributed by atoms with Crippen LogP contribution in [0.2, 0.25) is 0 Å². The van der Waals surface area contributed by atoms with Crippen LogP contribution in [0.25, 0.3) is 16.6 Å². The molecule has 1 aromatic carbocycles. The third kappa shape index (κ3) is 3.35. The van der Waals surface area contributed by atoms with Gasteiger partial charge in [0.1, 0.15) is 11.6 Å². The maximum absolute atomic E-state index is 14.6. The molecule has 1 aliphatic heterocycles. The number of nitrogens with one attached hydrogen (secondary N) is 1. The van der Waals surface area contributed by atoms with Crippen molar-refractivity contribution in [2.45, 2.75) is 31.5 Å². The Kier molecular flexibility index (Phi) is 5.22. The SMILES string of the molecule is CNCc1ncc(-c2ccn3nc4c(c3c2)C2CC4N(C)C(=O)c3cccc(OC(F)F)c32)cc1F. The van der Waals surface area contributed by atoms with Crippen molar-refractivity contribution in [1.29, 1.82) is 0 Å². The van der Waals surface area contributed by atoms with E-state index in [9.17, 15) is 18.0 Å². The molecule has 1 N–H and O–H groups in total. The Balaban J connectivity index is 1.53. The molecule has 36 heavy (non-hydrogen) atoms. The number of benzene rings is 1. The number of rotatable bonds is 5. The van der Waals surface area contributed by atoms with E-state index in [1.807, 2.05) is 12.1 Å². The molecule has 0 spiro atoms. The lowest BCUT2D eigenvalue weighted by atomic mass is 9.88. The lowest BCUT2D eigenvalue weighted by molar-refractivity contribution is -0.0505. The smallest absolute Gasteiger partial charge is 0.387 e. The zero-order valence-corrected chi connectivity index (χ0v) is 19.5. The van der Waals surface area contributed by atoms with Gasteiger partial charge in [-0.2, -0.15) is 13.9 Å². The van der Waals surface area contributed by atoms with Gasteiger partial charge in [0.25, 0.3) is 5.91 Å². The maximum atomic E-state index is 14.6. The van der Waals surface area contributed by atoms with Crippen LogP contribution in [0.1, 0.15) is 51.3 Å². The summed E-state index contributed by atoms with van der Waals surface area (Å²) >= 11 is 0. The molecule has 0 radical (unpaired) electrons. The minimum atomic E-state index is -3.02. The van der Waals surface area contributed by atoms with Crippen LogP contribution in [0.15, 0.2) is 48.8 Å². The number of alkyl halides is 2. The van der Waals surface area contributed by atoms with Gasteiger partial charge in [0, 0.05) is 54.2 Å². The van der Waals surface area contributed by atoms with E-state index in [0.29, 0.717) is 35.3 Å². The highest BCUT2D eigenvalue weighted by Gasteiger charge is 2.46. The fourth-order valence-corrected chi connectivity index (χ4v) is 5.46. The number of carbonyl (C=O) groups excluding carboxylic acids is 1. The molecule has 3 aromatic heterocycles. The Morgan fingerprint density at radius 1 is 1.19 bits per heavy atom. The van der Waals surface area contributed by atoms with Gasteiger partial charge in [-0.25, -0.2) is 8.91 Å². The second-order valence-electron chi connectivity index (χ2n) is 9.04. The Morgan fingerprint density at radius 2 is 2.03 bits per heavy atom. The Bertz CT molecular complexity index is 1520. The quantitative estimate of drug-likeness (QED) is 0.443. The second kappa shape index (κ2) is 8.34. The minimum absolute atomic E-state index is 0.00959. The van der Waals surface area contributed by atoms with Gasteiger partial charge >= 0.3 is 6.61 Å². The largest absolute Gasteiger partial charge is 0.434 e. The van der Waals surface area contributed by atoms with Crippen molar-refractivity contribution in [2.75, 3.05) is 14.1 Å². The number of nitrogens with zero attached hydrogens (tertiary/aromatic N) is 4. The van der Waals surface area contributed by atoms with E-state index < -0.39 is 12.4 Å². The van der Waals surface area contributed by atoms with Crippen LogP contribution in [-0.4, -0.2) is 46.1 Å². The molecule has 1 aliphatic carbocycles. The molecule has 0 saturated carbocycles. The highest BCUT2D eigenvalue weighted by Crippen LogP contribution is 2.53. The van der Waals surface area contributed by atoms with Crippen molar-refractivity contribution in [1.82, 2.24) is 24.8 Å². The molecule has 2 atom stereocenters. The summed E-state index contributed by atoms with van der Waals surface area (Å²) in [5, 5.41) is 7.64. The molecule has 184 valence electrons. The Labute approximate surface area is 204 Å². The van der Waals surface area contributed by atoms with Gasteiger partial charge in [-0.3, -0.25) is 9.78 Å². The zero-order chi connectivity index (χ0) is 25.1. The van der Waals surface area contributed by atoms with Crippen molar-refractivity contribution in [2.24, 2.45) is 0 Å². The van der Waals surface area contributed by atoms with E-state index in [2.05, 4.69) is 10.3 Å². The number of hydrogen-bond donors (Lipinski definition) is 1. The van der Waals surface area contributed by atoms with Crippen LogP contribution in [0.4, 0.5) is 13.2 Å². The van der Waals surface area contributed by atoms with Crippen molar-refractivity contribution in [3.63, 3.8) is 0 Å². The van der Waals surface area contributed by atoms with E-state index in [-0.39, 0.29) is 23.6 Å². The minimum Gasteiger partial charge on any atom is -0.434 e. The van der Waals surface area contributed by atoms with E-state index in [1.165, 1.54) is 12.1 Å². The van der Waals surface area contributed by atoms with Gasteiger partial charge in [-0.05, 0) is 49.4 Å². The molecular formula is C26H22F3N5O2. The number of halogens is 3. The molecule has 0 fully saturated rings. The third-order valence-corrected chi connectivity index (χ3v) is 7.07. The summed E-state index contributed by atoms with van der Waals surface area (Å²) in [6, 6.07) is 9.51. The van der Waals surface area contributed by atoms with E-state index >= 15 is 0 Å². The fraction of sp³-hybridized carbons (Fsp3) is 0.269. The molecule has 1 amide bonds. The number of pyridine rings is 2. The summed E-state index contributed by atoms with van der Waals surface area (Å²) in [6.45, 7) is -2.70. The number of aromatic nitrogens is 3. The number of hydrogen-bond acceptors (Lipinski definition) is 5. The van der Waals surface area contributed by atoms with Gasteiger partial charge < -0.3 is 15.0 Å². The first-order valence-corrected chi connectivity index (χ1v) is 11.5. The van der Waals surface area contributed by atoms with Gasteiger partial charge in [-0.1, -0.05) is 6.07 Å². The first kappa shape index (κ1) is 22.5. The molecular weight excluding hydrogens is 471 g/mol. The Hall–Kier alpha value is -3.92. The van der Waals surface area contributed by atoms with Crippen LogP contribution in [0, 0.1) is 5.82 Å². The fourth-order valence-electron chi connectivity index (χ4n) is 5.46. The Morgan fingerprint density at radius 3 is 2.78 bits per heavy atom. The van der Waals surface area contributed by atoms with Crippen molar-refractivity contribution < 1.29 is 22.7 Å². The van der Waals surface area contributed by atoms with Crippen LogP contribution in [0.5, 0.6) is 5.75 Å². The van der Waals surface area contributed by atoms with Crippen LogP contribution in [0.3, 0.4) is 0 Å². The van der Waals surface area contributed by atoms with Crippen molar-refractivity contribution in [3.05, 3.63) is 82.7 Å². The molecule has 2 aliphatic rings. The first-order chi connectivity index (χ1) is 17.4. The van der Waals surface area contributed by atoms with Crippen LogP contribution in [-0.2, 0) is 6.54 Å². The van der Waals surface area contributed by atoms with Gasteiger partial charge in [0.2, 0.25) is 0 Å². The number of ether oxygens (including phenoxy) is 1. The summed E-state index contributed by atoms with van der Waals surface area (Å²) in [7, 11) is 3.42. The van der Waals surface area contributed by atoms with Crippen molar-refractivity contribution in [3.8, 4) is 16.9 Å². The van der Waals surface area contributed by atoms with E-state index in [1.54, 1.807) is 48.0 Å². The second-order valence-corrected chi connectivity index (χ2v) is 9.04. The van der Waals surface area contributed by atoms with Crippen LogP contribution < -0.4 is 10.1 Å². The summed E-state index contributed by atoms with van der Waals surface area (Å²) in [5.74, 6) is -1.05. The van der Waals surface area contributed by atoms with Crippen molar-refractivity contribution >= 4 is 11.4 Å². The average molecular weight is 493 g/mol. The first-order valence-electron chi connectivity index (χ1n) is 11.5. The lowest BCUT2D eigenvalue weighted by Crippen LogP contribution is -2.30. The molecule has 0 saturated heterocycles. The molecule has 4 aromatic rings. The average Bonchev–Trinajstić information content (AvgIpc) is 3.38. The highest BCUT2D eigenvalue weighted by atomic mass is 19.3. The summed E-state index contributed by atoms with van der Waals surface area (Å²) in [6.07, 6.45) is 3.91. The summed E-state index contributed by atoms with van der Waals surface area (Å²) in [4.78, 5) is 19.1.